The normalized spacial score (nSPS) is 41.7. The molecule has 0 radical (unpaired) electrons. The van der Waals surface area contributed by atoms with Crippen LogP contribution in [-0.2, 0) is 0 Å². The highest BCUT2D eigenvalue weighted by molar-refractivity contribution is 4.86. The van der Waals surface area contributed by atoms with Gasteiger partial charge in [0.2, 0.25) is 0 Å². The fourth-order valence-electron chi connectivity index (χ4n) is 1.20. The maximum atomic E-state index is 9.31. The Morgan fingerprint density at radius 2 is 2.20 bits per heavy atom. The third kappa shape index (κ3) is 1.46. The second-order valence-electron chi connectivity index (χ2n) is 2.76. The Labute approximate surface area is 60.0 Å². The molecule has 10 heavy (non-hydrogen) atoms. The molecule has 60 valence electrons. The molecular weight excluding hydrogens is 132 g/mol. The van der Waals surface area contributed by atoms with Crippen molar-refractivity contribution < 1.29 is 10.2 Å². The Kier molecular flexibility index (Phi) is 2.62. The molecule has 1 fully saturated rings. The quantitative estimate of drug-likeness (QED) is 0.341. The standard InChI is InChI=1S/C6H14N2O2/c7-5-2-8-1-4(3-9)6(5)10/h4-6,8-10H,1-3,7H2/t4-,5-,6-/m1/s1. The molecule has 0 bridgehead atoms. The SMILES string of the molecule is N[C@@H]1CNC[C@H](CO)[C@H]1O. The van der Waals surface area contributed by atoms with E-state index in [1.54, 1.807) is 0 Å². The first-order chi connectivity index (χ1) is 4.75. The smallest absolute Gasteiger partial charge is 0.0765 e. The number of nitrogens with one attached hydrogen (secondary N) is 1. The third-order valence-electron chi connectivity index (χ3n) is 1.94. The Bertz CT molecular complexity index is 110. The van der Waals surface area contributed by atoms with Crippen LogP contribution in [0.25, 0.3) is 0 Å². The van der Waals surface area contributed by atoms with Crippen LogP contribution in [0.3, 0.4) is 0 Å². The van der Waals surface area contributed by atoms with Crippen LogP contribution in [0.2, 0.25) is 0 Å². The van der Waals surface area contributed by atoms with E-state index in [2.05, 4.69) is 5.32 Å². The van der Waals surface area contributed by atoms with Crippen LogP contribution in [0.5, 0.6) is 0 Å². The fourth-order valence-corrected chi connectivity index (χ4v) is 1.20. The first kappa shape index (κ1) is 7.94. The molecule has 0 aromatic heterocycles. The maximum Gasteiger partial charge on any atom is 0.0765 e. The van der Waals surface area contributed by atoms with Gasteiger partial charge >= 0.3 is 0 Å². The lowest BCUT2D eigenvalue weighted by Gasteiger charge is -2.31. The van der Waals surface area contributed by atoms with Gasteiger partial charge < -0.3 is 21.3 Å². The molecule has 4 heteroatoms. The van der Waals surface area contributed by atoms with Gasteiger partial charge in [-0.25, -0.2) is 0 Å². The summed E-state index contributed by atoms with van der Waals surface area (Å²) in [6.45, 7) is 1.30. The Morgan fingerprint density at radius 3 is 2.70 bits per heavy atom. The fraction of sp³-hybridized carbons (Fsp3) is 1.00. The summed E-state index contributed by atoms with van der Waals surface area (Å²) in [4.78, 5) is 0. The monoisotopic (exact) mass is 146 g/mol. The molecule has 0 aliphatic carbocycles. The molecule has 4 nitrogen and oxygen atoms in total. The molecule has 1 rings (SSSR count). The summed E-state index contributed by atoms with van der Waals surface area (Å²) < 4.78 is 0. The van der Waals surface area contributed by atoms with E-state index in [1.165, 1.54) is 0 Å². The summed E-state index contributed by atoms with van der Waals surface area (Å²) in [5, 5.41) is 21.1. The first-order valence-electron chi connectivity index (χ1n) is 3.51. The zero-order chi connectivity index (χ0) is 7.56. The lowest BCUT2D eigenvalue weighted by Crippen LogP contribution is -2.55. The molecule has 0 saturated carbocycles. The topological polar surface area (TPSA) is 78.5 Å². The van der Waals surface area contributed by atoms with Crippen LogP contribution < -0.4 is 11.1 Å². The van der Waals surface area contributed by atoms with E-state index in [0.717, 1.165) is 0 Å². The van der Waals surface area contributed by atoms with Crippen molar-refractivity contribution in [3.8, 4) is 0 Å². The van der Waals surface area contributed by atoms with Crippen LogP contribution in [0.1, 0.15) is 0 Å². The van der Waals surface area contributed by atoms with Crippen molar-refractivity contribution in [2.75, 3.05) is 19.7 Å². The highest BCUT2D eigenvalue weighted by Gasteiger charge is 2.28. The molecule has 0 spiro atoms. The zero-order valence-electron chi connectivity index (χ0n) is 5.83. The van der Waals surface area contributed by atoms with Crippen molar-refractivity contribution >= 4 is 0 Å². The van der Waals surface area contributed by atoms with Gasteiger partial charge in [-0.1, -0.05) is 0 Å². The Morgan fingerprint density at radius 1 is 1.50 bits per heavy atom. The number of rotatable bonds is 1. The molecule has 0 aromatic rings. The molecular formula is C6H14N2O2. The van der Waals surface area contributed by atoms with Gasteiger partial charge in [-0.05, 0) is 0 Å². The highest BCUT2D eigenvalue weighted by atomic mass is 16.3. The van der Waals surface area contributed by atoms with E-state index >= 15 is 0 Å². The molecule has 1 aliphatic rings. The highest BCUT2D eigenvalue weighted by Crippen LogP contribution is 2.08. The van der Waals surface area contributed by atoms with Gasteiger partial charge in [-0.2, -0.15) is 0 Å². The molecule has 0 aromatic carbocycles. The van der Waals surface area contributed by atoms with Crippen molar-refractivity contribution in [3.05, 3.63) is 0 Å². The van der Waals surface area contributed by atoms with E-state index in [4.69, 9.17) is 10.8 Å². The van der Waals surface area contributed by atoms with Gasteiger partial charge in [0, 0.05) is 31.7 Å². The third-order valence-corrected chi connectivity index (χ3v) is 1.94. The molecule has 0 amide bonds. The number of aliphatic hydroxyl groups excluding tert-OH is 2. The average Bonchev–Trinajstić information content (AvgIpc) is 1.95. The largest absolute Gasteiger partial charge is 0.396 e. The summed E-state index contributed by atoms with van der Waals surface area (Å²) in [5.41, 5.74) is 5.52. The Balaban J connectivity index is 2.42. The van der Waals surface area contributed by atoms with Crippen molar-refractivity contribution in [1.29, 1.82) is 0 Å². The number of hydrogen-bond acceptors (Lipinski definition) is 4. The maximum absolute atomic E-state index is 9.31. The van der Waals surface area contributed by atoms with Gasteiger partial charge in [-0.3, -0.25) is 0 Å². The second kappa shape index (κ2) is 3.30. The minimum Gasteiger partial charge on any atom is -0.396 e. The van der Waals surface area contributed by atoms with Crippen molar-refractivity contribution in [2.45, 2.75) is 12.1 Å². The van der Waals surface area contributed by atoms with Gasteiger partial charge in [0.05, 0.1) is 6.10 Å². The summed E-state index contributed by atoms with van der Waals surface area (Å²) in [7, 11) is 0. The number of hydrogen-bond donors (Lipinski definition) is 4. The lowest BCUT2D eigenvalue weighted by atomic mass is 9.94. The molecule has 0 unspecified atom stereocenters. The van der Waals surface area contributed by atoms with Crippen LogP contribution in [0.15, 0.2) is 0 Å². The zero-order valence-corrected chi connectivity index (χ0v) is 5.83. The molecule has 1 heterocycles. The predicted octanol–water partition coefficient (Wildman–Crippen LogP) is -2.11. The van der Waals surface area contributed by atoms with E-state index < -0.39 is 6.10 Å². The predicted molar refractivity (Wildman–Crippen MR) is 37.4 cm³/mol. The van der Waals surface area contributed by atoms with Gasteiger partial charge in [0.25, 0.3) is 0 Å². The van der Waals surface area contributed by atoms with Crippen molar-refractivity contribution in [1.82, 2.24) is 5.32 Å². The molecule has 1 aliphatic heterocycles. The van der Waals surface area contributed by atoms with E-state index in [9.17, 15) is 5.11 Å². The number of piperidine rings is 1. The molecule has 3 atom stereocenters. The number of nitrogens with two attached hydrogens (primary N) is 1. The average molecular weight is 146 g/mol. The summed E-state index contributed by atoms with van der Waals surface area (Å²) in [5.74, 6) is -0.0938. The van der Waals surface area contributed by atoms with E-state index in [1.807, 2.05) is 0 Å². The summed E-state index contributed by atoms with van der Waals surface area (Å²) in [6, 6.07) is -0.231. The lowest BCUT2D eigenvalue weighted by molar-refractivity contribution is 0.0303. The summed E-state index contributed by atoms with van der Waals surface area (Å²) in [6.07, 6.45) is -0.550. The van der Waals surface area contributed by atoms with Gasteiger partial charge in [0.15, 0.2) is 0 Å². The van der Waals surface area contributed by atoms with Crippen molar-refractivity contribution in [2.24, 2.45) is 11.7 Å². The Hall–Kier alpha value is -0.160. The first-order valence-corrected chi connectivity index (χ1v) is 3.51. The van der Waals surface area contributed by atoms with Crippen LogP contribution in [0.4, 0.5) is 0 Å². The number of aliphatic hydroxyl groups is 2. The minimum atomic E-state index is -0.550. The summed E-state index contributed by atoms with van der Waals surface area (Å²) >= 11 is 0. The molecule has 1 saturated heterocycles. The van der Waals surface area contributed by atoms with Gasteiger partial charge in [-0.15, -0.1) is 0 Å². The second-order valence-corrected chi connectivity index (χ2v) is 2.76. The van der Waals surface area contributed by atoms with E-state index in [-0.39, 0.29) is 18.6 Å². The minimum absolute atomic E-state index is 0.00185. The van der Waals surface area contributed by atoms with Crippen LogP contribution in [0, 0.1) is 5.92 Å². The van der Waals surface area contributed by atoms with Crippen molar-refractivity contribution in [3.63, 3.8) is 0 Å². The molecule has 5 N–H and O–H groups in total. The van der Waals surface area contributed by atoms with E-state index in [0.29, 0.717) is 13.1 Å². The van der Waals surface area contributed by atoms with Crippen LogP contribution in [-0.4, -0.2) is 42.1 Å². The van der Waals surface area contributed by atoms with Gasteiger partial charge in [0.1, 0.15) is 0 Å². The van der Waals surface area contributed by atoms with Crippen LogP contribution >= 0.6 is 0 Å².